The van der Waals surface area contributed by atoms with Gasteiger partial charge in [-0.25, -0.2) is 8.42 Å². The standard InChI is InChI=1S/C10H22N2O2S/c1-8(2)7-15(13,14)12-6-9(11)5-10(12,3)4/h8-9H,5-7,11H2,1-4H3. The molecular weight excluding hydrogens is 212 g/mol. The van der Waals surface area contributed by atoms with Crippen LogP contribution in [0.25, 0.3) is 0 Å². The molecule has 0 aromatic rings. The van der Waals surface area contributed by atoms with Crippen molar-refractivity contribution in [2.75, 3.05) is 12.3 Å². The molecule has 1 unspecified atom stereocenters. The monoisotopic (exact) mass is 234 g/mol. The van der Waals surface area contributed by atoms with Crippen LogP contribution in [0, 0.1) is 5.92 Å². The smallest absolute Gasteiger partial charge is 0.214 e. The van der Waals surface area contributed by atoms with Gasteiger partial charge in [-0.2, -0.15) is 4.31 Å². The molecule has 90 valence electrons. The fourth-order valence-corrected chi connectivity index (χ4v) is 4.54. The van der Waals surface area contributed by atoms with Crippen LogP contribution in [0.3, 0.4) is 0 Å². The van der Waals surface area contributed by atoms with Crippen molar-refractivity contribution >= 4 is 10.0 Å². The van der Waals surface area contributed by atoms with Gasteiger partial charge in [0.15, 0.2) is 0 Å². The summed E-state index contributed by atoms with van der Waals surface area (Å²) in [7, 11) is -3.15. The van der Waals surface area contributed by atoms with E-state index in [4.69, 9.17) is 5.73 Å². The lowest BCUT2D eigenvalue weighted by atomic mass is 10.0. The van der Waals surface area contributed by atoms with Gasteiger partial charge in [-0.3, -0.25) is 0 Å². The molecule has 1 aliphatic heterocycles. The molecule has 1 rings (SSSR count). The Kier molecular flexibility index (Phi) is 3.48. The average Bonchev–Trinajstić information content (AvgIpc) is 2.21. The molecule has 4 nitrogen and oxygen atoms in total. The average molecular weight is 234 g/mol. The molecule has 1 saturated heterocycles. The van der Waals surface area contributed by atoms with Crippen molar-refractivity contribution < 1.29 is 8.42 Å². The molecule has 1 aliphatic rings. The third-order valence-corrected chi connectivity index (χ3v) is 5.12. The van der Waals surface area contributed by atoms with Crippen LogP contribution < -0.4 is 5.73 Å². The van der Waals surface area contributed by atoms with E-state index in [1.165, 1.54) is 0 Å². The van der Waals surface area contributed by atoms with Crippen molar-refractivity contribution in [2.24, 2.45) is 11.7 Å². The van der Waals surface area contributed by atoms with Crippen LogP contribution in [0.4, 0.5) is 0 Å². The Morgan fingerprint density at radius 3 is 2.33 bits per heavy atom. The van der Waals surface area contributed by atoms with Gasteiger partial charge in [0.05, 0.1) is 5.75 Å². The largest absolute Gasteiger partial charge is 0.326 e. The van der Waals surface area contributed by atoms with Crippen LogP contribution in [0.1, 0.15) is 34.1 Å². The molecule has 1 heterocycles. The molecule has 0 radical (unpaired) electrons. The third kappa shape index (κ3) is 2.92. The summed E-state index contributed by atoms with van der Waals surface area (Å²) < 4.78 is 25.7. The van der Waals surface area contributed by atoms with E-state index in [0.29, 0.717) is 6.54 Å². The van der Waals surface area contributed by atoms with Gasteiger partial charge in [-0.15, -0.1) is 0 Å². The van der Waals surface area contributed by atoms with E-state index in [-0.39, 0.29) is 23.3 Å². The molecule has 1 fully saturated rings. The first kappa shape index (κ1) is 12.9. The van der Waals surface area contributed by atoms with Gasteiger partial charge >= 0.3 is 0 Å². The SMILES string of the molecule is CC(C)CS(=O)(=O)N1CC(N)CC1(C)C. The Balaban J connectivity index is 2.88. The van der Waals surface area contributed by atoms with Gasteiger partial charge in [0.25, 0.3) is 0 Å². The number of nitrogens with two attached hydrogens (primary N) is 1. The van der Waals surface area contributed by atoms with E-state index >= 15 is 0 Å². The molecule has 0 saturated carbocycles. The van der Waals surface area contributed by atoms with E-state index < -0.39 is 10.0 Å². The summed E-state index contributed by atoms with van der Waals surface area (Å²) >= 11 is 0. The first-order valence-electron chi connectivity index (χ1n) is 5.41. The molecule has 0 aliphatic carbocycles. The Labute approximate surface area is 92.9 Å². The van der Waals surface area contributed by atoms with E-state index in [1.54, 1.807) is 4.31 Å². The van der Waals surface area contributed by atoms with E-state index in [9.17, 15) is 8.42 Å². The summed E-state index contributed by atoms with van der Waals surface area (Å²) in [5.74, 6) is 0.367. The zero-order valence-corrected chi connectivity index (χ0v) is 10.8. The summed E-state index contributed by atoms with van der Waals surface area (Å²) in [6.45, 7) is 8.18. The number of sulfonamides is 1. The van der Waals surface area contributed by atoms with Crippen LogP contribution in [-0.4, -0.2) is 36.6 Å². The van der Waals surface area contributed by atoms with Crippen LogP contribution in [-0.2, 0) is 10.0 Å². The minimum Gasteiger partial charge on any atom is -0.326 e. The van der Waals surface area contributed by atoms with Gasteiger partial charge < -0.3 is 5.73 Å². The van der Waals surface area contributed by atoms with E-state index in [1.807, 2.05) is 27.7 Å². The van der Waals surface area contributed by atoms with Gasteiger partial charge in [-0.05, 0) is 26.2 Å². The molecular formula is C10H22N2O2S. The molecule has 5 heteroatoms. The first-order valence-corrected chi connectivity index (χ1v) is 7.02. The summed E-state index contributed by atoms with van der Waals surface area (Å²) in [4.78, 5) is 0. The molecule has 0 spiro atoms. The normalized spacial score (nSPS) is 27.5. The Bertz CT molecular complexity index is 322. The highest BCUT2D eigenvalue weighted by molar-refractivity contribution is 7.89. The number of rotatable bonds is 3. The highest BCUT2D eigenvalue weighted by Crippen LogP contribution is 2.31. The van der Waals surface area contributed by atoms with Gasteiger partial charge in [0.2, 0.25) is 10.0 Å². The number of hydrogen-bond acceptors (Lipinski definition) is 3. The lowest BCUT2D eigenvalue weighted by molar-refractivity contribution is 0.290. The van der Waals surface area contributed by atoms with E-state index in [0.717, 1.165) is 6.42 Å². The van der Waals surface area contributed by atoms with Crippen molar-refractivity contribution in [3.05, 3.63) is 0 Å². The maximum Gasteiger partial charge on any atom is 0.214 e. The molecule has 2 N–H and O–H groups in total. The summed E-state index contributed by atoms with van der Waals surface area (Å²) in [6.07, 6.45) is 0.740. The van der Waals surface area contributed by atoms with Crippen molar-refractivity contribution in [1.29, 1.82) is 0 Å². The highest BCUT2D eigenvalue weighted by Gasteiger charge is 2.43. The third-order valence-electron chi connectivity index (χ3n) is 2.72. The predicted molar refractivity (Wildman–Crippen MR) is 62.0 cm³/mol. The van der Waals surface area contributed by atoms with E-state index in [2.05, 4.69) is 0 Å². The van der Waals surface area contributed by atoms with Crippen molar-refractivity contribution in [2.45, 2.75) is 45.7 Å². The van der Waals surface area contributed by atoms with Gasteiger partial charge in [0.1, 0.15) is 0 Å². The van der Waals surface area contributed by atoms with Crippen molar-refractivity contribution in [1.82, 2.24) is 4.31 Å². The molecule has 15 heavy (non-hydrogen) atoms. The lowest BCUT2D eigenvalue weighted by Crippen LogP contribution is -2.44. The number of nitrogens with zero attached hydrogens (tertiary/aromatic N) is 1. The summed E-state index contributed by atoms with van der Waals surface area (Å²) in [6, 6.07) is -0.0260. The zero-order valence-electron chi connectivity index (χ0n) is 10.0. The second-order valence-corrected chi connectivity index (χ2v) is 7.42. The maximum absolute atomic E-state index is 12.1. The summed E-state index contributed by atoms with van der Waals surface area (Å²) in [5, 5.41) is 0. The van der Waals surface area contributed by atoms with Gasteiger partial charge in [0, 0.05) is 18.1 Å². The zero-order chi connectivity index (χ0) is 11.9. The number of hydrogen-bond donors (Lipinski definition) is 1. The molecule has 0 aromatic heterocycles. The first-order chi connectivity index (χ1) is 6.65. The summed E-state index contributed by atoms with van der Waals surface area (Å²) in [5.41, 5.74) is 5.50. The second kappa shape index (κ2) is 4.03. The van der Waals surface area contributed by atoms with Gasteiger partial charge in [-0.1, -0.05) is 13.8 Å². The Hall–Kier alpha value is -0.130. The molecule has 0 bridgehead atoms. The quantitative estimate of drug-likeness (QED) is 0.785. The van der Waals surface area contributed by atoms with Crippen LogP contribution in [0.15, 0.2) is 0 Å². The maximum atomic E-state index is 12.1. The minimum absolute atomic E-state index is 0.0260. The van der Waals surface area contributed by atoms with Crippen LogP contribution >= 0.6 is 0 Å². The minimum atomic E-state index is -3.15. The van der Waals surface area contributed by atoms with Crippen LogP contribution in [0.5, 0.6) is 0 Å². The second-order valence-electron chi connectivity index (χ2n) is 5.48. The fourth-order valence-electron chi connectivity index (χ4n) is 2.27. The fraction of sp³-hybridized carbons (Fsp3) is 1.00. The predicted octanol–water partition coefficient (Wildman–Crippen LogP) is 0.784. The van der Waals surface area contributed by atoms with Crippen molar-refractivity contribution in [3.63, 3.8) is 0 Å². The van der Waals surface area contributed by atoms with Crippen LogP contribution in [0.2, 0.25) is 0 Å². The molecule has 0 amide bonds. The molecule has 0 aromatic carbocycles. The Morgan fingerprint density at radius 2 is 2.00 bits per heavy atom. The lowest BCUT2D eigenvalue weighted by Gasteiger charge is -2.30. The molecule has 1 atom stereocenters. The van der Waals surface area contributed by atoms with Crippen molar-refractivity contribution in [3.8, 4) is 0 Å². The highest BCUT2D eigenvalue weighted by atomic mass is 32.2. The Morgan fingerprint density at radius 1 is 1.47 bits per heavy atom. The topological polar surface area (TPSA) is 63.4 Å².